The minimum atomic E-state index is -0.850. The SMILES string of the molecule is OB(CCCCBr)Oc1ccccc1O. The predicted molar refractivity (Wildman–Crippen MR) is 64.5 cm³/mol. The fraction of sp³-hybridized carbons (Fsp3) is 0.400. The van der Waals surface area contributed by atoms with Crippen molar-refractivity contribution >= 4 is 23.0 Å². The quantitative estimate of drug-likeness (QED) is 0.475. The molecule has 0 spiro atoms. The van der Waals surface area contributed by atoms with E-state index in [9.17, 15) is 10.1 Å². The summed E-state index contributed by atoms with van der Waals surface area (Å²) in [7, 11) is -0.850. The van der Waals surface area contributed by atoms with E-state index in [4.69, 9.17) is 4.65 Å². The van der Waals surface area contributed by atoms with E-state index in [2.05, 4.69) is 15.9 Å². The van der Waals surface area contributed by atoms with Gasteiger partial charge in [0.15, 0.2) is 5.75 Å². The number of para-hydroxylation sites is 2. The molecule has 0 radical (unpaired) electrons. The van der Waals surface area contributed by atoms with Crippen LogP contribution in [0.15, 0.2) is 24.3 Å². The van der Waals surface area contributed by atoms with Gasteiger partial charge in [0.25, 0.3) is 0 Å². The molecule has 0 atom stereocenters. The third kappa shape index (κ3) is 4.58. The summed E-state index contributed by atoms with van der Waals surface area (Å²) in [4.78, 5) is 0. The summed E-state index contributed by atoms with van der Waals surface area (Å²) >= 11 is 3.32. The highest BCUT2D eigenvalue weighted by molar-refractivity contribution is 9.09. The maximum atomic E-state index is 9.51. The van der Waals surface area contributed by atoms with Gasteiger partial charge in [0.2, 0.25) is 0 Å². The van der Waals surface area contributed by atoms with Gasteiger partial charge in [-0.1, -0.05) is 34.5 Å². The number of halogens is 1. The first-order chi connectivity index (χ1) is 7.24. The molecule has 0 bridgehead atoms. The third-order valence-electron chi connectivity index (χ3n) is 1.96. The molecule has 0 heterocycles. The Morgan fingerprint density at radius 1 is 1.27 bits per heavy atom. The van der Waals surface area contributed by atoms with Crippen LogP contribution in [0.3, 0.4) is 0 Å². The molecule has 3 nitrogen and oxygen atoms in total. The molecule has 0 fully saturated rings. The van der Waals surface area contributed by atoms with Crippen molar-refractivity contribution in [2.24, 2.45) is 0 Å². The molecule has 0 saturated carbocycles. The molecule has 1 aromatic rings. The number of hydrogen-bond donors (Lipinski definition) is 2. The van der Waals surface area contributed by atoms with Crippen LogP contribution in [-0.4, -0.2) is 22.6 Å². The maximum Gasteiger partial charge on any atom is 0.522 e. The Balaban J connectivity index is 2.37. The molecule has 2 N–H and O–H groups in total. The molecular weight excluding hydrogens is 259 g/mol. The number of rotatable bonds is 6. The molecule has 82 valence electrons. The average Bonchev–Trinajstić information content (AvgIpc) is 2.22. The molecule has 0 saturated heterocycles. The number of benzene rings is 1. The summed E-state index contributed by atoms with van der Waals surface area (Å²) < 4.78 is 5.18. The molecule has 0 aromatic heterocycles. The number of phenolic OH excluding ortho intramolecular Hbond substituents is 1. The third-order valence-corrected chi connectivity index (χ3v) is 2.52. The van der Waals surface area contributed by atoms with Crippen LogP contribution in [-0.2, 0) is 0 Å². The van der Waals surface area contributed by atoms with Crippen LogP contribution >= 0.6 is 15.9 Å². The van der Waals surface area contributed by atoms with E-state index < -0.39 is 7.12 Å². The van der Waals surface area contributed by atoms with E-state index in [1.807, 2.05) is 0 Å². The normalized spacial score (nSPS) is 10.0. The summed E-state index contributed by atoms with van der Waals surface area (Å²) in [6.07, 6.45) is 2.46. The smallest absolute Gasteiger partial charge is 0.522 e. The van der Waals surface area contributed by atoms with Gasteiger partial charge >= 0.3 is 7.12 Å². The second kappa shape index (κ2) is 6.74. The fourth-order valence-electron chi connectivity index (χ4n) is 1.18. The molecule has 0 aliphatic carbocycles. The summed E-state index contributed by atoms with van der Waals surface area (Å²) in [6, 6.07) is 6.61. The van der Waals surface area contributed by atoms with Crippen molar-refractivity contribution in [3.8, 4) is 11.5 Å². The van der Waals surface area contributed by atoms with Gasteiger partial charge in [0.1, 0.15) is 5.75 Å². The first-order valence-electron chi connectivity index (χ1n) is 4.92. The van der Waals surface area contributed by atoms with E-state index in [-0.39, 0.29) is 5.75 Å². The molecule has 5 heteroatoms. The number of alkyl halides is 1. The molecule has 15 heavy (non-hydrogen) atoms. The lowest BCUT2D eigenvalue weighted by Crippen LogP contribution is -2.21. The second-order valence-electron chi connectivity index (χ2n) is 3.22. The van der Waals surface area contributed by atoms with E-state index >= 15 is 0 Å². The molecule has 1 rings (SSSR count). The summed E-state index contributed by atoms with van der Waals surface area (Å²) in [5, 5.41) is 19.8. The highest BCUT2D eigenvalue weighted by Crippen LogP contribution is 2.25. The van der Waals surface area contributed by atoms with Crippen LogP contribution in [0, 0.1) is 0 Å². The number of phenols is 1. The predicted octanol–water partition coefficient (Wildman–Crippen LogP) is 2.43. The van der Waals surface area contributed by atoms with Gasteiger partial charge in [0.05, 0.1) is 0 Å². The zero-order valence-electron chi connectivity index (χ0n) is 8.40. The lowest BCUT2D eigenvalue weighted by molar-refractivity contribution is 0.384. The van der Waals surface area contributed by atoms with Crippen molar-refractivity contribution in [1.29, 1.82) is 0 Å². The van der Waals surface area contributed by atoms with Crippen molar-refractivity contribution in [3.63, 3.8) is 0 Å². The number of unbranched alkanes of at least 4 members (excludes halogenated alkanes) is 1. The van der Waals surface area contributed by atoms with Crippen LogP contribution < -0.4 is 4.65 Å². The zero-order valence-corrected chi connectivity index (χ0v) is 9.98. The Labute approximate surface area is 98.4 Å². The second-order valence-corrected chi connectivity index (χ2v) is 4.02. The van der Waals surface area contributed by atoms with Gasteiger partial charge in [-0.15, -0.1) is 0 Å². The lowest BCUT2D eigenvalue weighted by Gasteiger charge is -2.10. The van der Waals surface area contributed by atoms with E-state index in [0.29, 0.717) is 12.1 Å². The first kappa shape index (κ1) is 12.4. The lowest BCUT2D eigenvalue weighted by atomic mass is 9.83. The fourth-order valence-corrected chi connectivity index (χ4v) is 1.57. The van der Waals surface area contributed by atoms with Crippen molar-refractivity contribution in [2.75, 3.05) is 5.33 Å². The molecule has 0 aliphatic rings. The zero-order chi connectivity index (χ0) is 11.1. The highest BCUT2D eigenvalue weighted by atomic mass is 79.9. The Morgan fingerprint density at radius 3 is 2.67 bits per heavy atom. The molecule has 0 aliphatic heterocycles. The van der Waals surface area contributed by atoms with Crippen molar-refractivity contribution in [2.45, 2.75) is 19.2 Å². The summed E-state index contributed by atoms with van der Waals surface area (Å²) in [5.41, 5.74) is 0. The van der Waals surface area contributed by atoms with Crippen LogP contribution in [0.4, 0.5) is 0 Å². The van der Waals surface area contributed by atoms with Gasteiger partial charge < -0.3 is 14.8 Å². The van der Waals surface area contributed by atoms with Gasteiger partial charge in [-0.25, -0.2) is 0 Å². The number of hydrogen-bond acceptors (Lipinski definition) is 3. The van der Waals surface area contributed by atoms with Crippen molar-refractivity contribution in [1.82, 2.24) is 0 Å². The summed E-state index contributed by atoms with van der Waals surface area (Å²) in [6.45, 7) is 0. The Kier molecular flexibility index (Phi) is 5.57. The summed E-state index contributed by atoms with van der Waals surface area (Å²) in [5.74, 6) is 0.376. The molecule has 1 aromatic carbocycles. The average molecular weight is 273 g/mol. The van der Waals surface area contributed by atoms with Gasteiger partial charge in [-0.3, -0.25) is 0 Å². The molecule has 0 amide bonds. The van der Waals surface area contributed by atoms with E-state index in [1.165, 1.54) is 6.07 Å². The highest BCUT2D eigenvalue weighted by Gasteiger charge is 2.15. The Bertz CT molecular complexity index is 296. The van der Waals surface area contributed by atoms with E-state index in [1.54, 1.807) is 18.2 Å². The minimum absolute atomic E-state index is 0.0528. The first-order valence-corrected chi connectivity index (χ1v) is 6.05. The van der Waals surface area contributed by atoms with Crippen molar-refractivity contribution < 1.29 is 14.8 Å². The minimum Gasteiger partial charge on any atom is -0.533 e. The van der Waals surface area contributed by atoms with Crippen LogP contribution in [0.5, 0.6) is 11.5 Å². The molecular formula is C10H14BBrO3. The topological polar surface area (TPSA) is 49.7 Å². The van der Waals surface area contributed by atoms with Crippen LogP contribution in [0.25, 0.3) is 0 Å². The van der Waals surface area contributed by atoms with Crippen LogP contribution in [0.1, 0.15) is 12.8 Å². The Morgan fingerprint density at radius 2 is 2.00 bits per heavy atom. The van der Waals surface area contributed by atoms with E-state index in [0.717, 1.165) is 18.2 Å². The van der Waals surface area contributed by atoms with Crippen LogP contribution in [0.2, 0.25) is 6.32 Å². The number of aromatic hydroxyl groups is 1. The largest absolute Gasteiger partial charge is 0.533 e. The molecule has 0 unspecified atom stereocenters. The monoisotopic (exact) mass is 272 g/mol. The van der Waals surface area contributed by atoms with Gasteiger partial charge in [0, 0.05) is 5.33 Å². The Hall–Kier alpha value is -0.675. The van der Waals surface area contributed by atoms with Crippen molar-refractivity contribution in [3.05, 3.63) is 24.3 Å². The van der Waals surface area contributed by atoms with Gasteiger partial charge in [-0.05, 0) is 24.9 Å². The standard InChI is InChI=1S/C10H14BBrO3/c12-8-4-3-7-11(14)15-10-6-2-1-5-9(10)13/h1-2,5-6,13-14H,3-4,7-8H2. The van der Waals surface area contributed by atoms with Gasteiger partial charge in [-0.2, -0.15) is 0 Å². The maximum absolute atomic E-state index is 9.51.